The van der Waals surface area contributed by atoms with E-state index in [2.05, 4.69) is 29.3 Å². The molecule has 0 atom stereocenters. The van der Waals surface area contributed by atoms with E-state index in [0.29, 0.717) is 0 Å². The number of hydrogen-bond acceptors (Lipinski definition) is 3. The van der Waals surface area contributed by atoms with Gasteiger partial charge in [-0.2, -0.15) is 0 Å². The molecule has 0 aliphatic carbocycles. The molecule has 2 rings (SSSR count). The van der Waals surface area contributed by atoms with Gasteiger partial charge in [0.25, 0.3) is 0 Å². The highest BCUT2D eigenvalue weighted by Crippen LogP contribution is 2.31. The van der Waals surface area contributed by atoms with Crippen LogP contribution in [0, 0.1) is 0 Å². The van der Waals surface area contributed by atoms with E-state index >= 15 is 0 Å². The number of anilines is 2. The lowest BCUT2D eigenvalue weighted by Gasteiger charge is -2.23. The van der Waals surface area contributed by atoms with Crippen LogP contribution in [0.3, 0.4) is 0 Å². The Hall–Kier alpha value is -1.71. The van der Waals surface area contributed by atoms with Crippen molar-refractivity contribution < 1.29 is 4.74 Å². The molecule has 0 fully saturated rings. The fraction of sp³-hybridized carbons (Fsp3) is 0.294. The van der Waals surface area contributed by atoms with Gasteiger partial charge in [0.1, 0.15) is 5.75 Å². The lowest BCUT2D eigenvalue weighted by atomic mass is 10.1. The molecule has 0 radical (unpaired) electrons. The summed E-state index contributed by atoms with van der Waals surface area (Å²) in [6.07, 6.45) is 0. The second-order valence-electron chi connectivity index (χ2n) is 4.81. The molecule has 0 aromatic heterocycles. The zero-order valence-corrected chi connectivity index (χ0v) is 13.4. The van der Waals surface area contributed by atoms with Gasteiger partial charge < -0.3 is 15.0 Å². The molecule has 0 unspecified atom stereocenters. The third-order valence-electron chi connectivity index (χ3n) is 3.41. The molecule has 112 valence electrons. The van der Waals surface area contributed by atoms with Gasteiger partial charge in [0.2, 0.25) is 0 Å². The smallest absolute Gasteiger partial charge is 0.120 e. The van der Waals surface area contributed by atoms with Gasteiger partial charge in [0, 0.05) is 36.1 Å². The highest BCUT2D eigenvalue weighted by molar-refractivity contribution is 6.30. The van der Waals surface area contributed by atoms with E-state index in [1.54, 1.807) is 7.11 Å². The minimum atomic E-state index is 0.736. The molecule has 2 aromatic rings. The van der Waals surface area contributed by atoms with Crippen molar-refractivity contribution in [3.05, 3.63) is 53.1 Å². The van der Waals surface area contributed by atoms with Crippen LogP contribution in [0.5, 0.6) is 5.75 Å². The van der Waals surface area contributed by atoms with Crippen LogP contribution < -0.4 is 15.0 Å². The molecular formula is C17H21ClN2O. The summed E-state index contributed by atoms with van der Waals surface area (Å²) in [5.74, 6) is 0.842. The Bertz CT molecular complexity index is 601. The van der Waals surface area contributed by atoms with Crippen LogP contribution in [0.1, 0.15) is 12.5 Å². The van der Waals surface area contributed by atoms with E-state index in [-0.39, 0.29) is 0 Å². The summed E-state index contributed by atoms with van der Waals surface area (Å²) in [5, 5.41) is 4.09. The molecule has 2 aromatic carbocycles. The molecule has 3 nitrogen and oxygen atoms in total. The molecule has 4 heteroatoms. The number of benzene rings is 2. The predicted octanol–water partition coefficient (Wildman–Crippen LogP) is 4.23. The Morgan fingerprint density at radius 2 is 2.00 bits per heavy atom. The van der Waals surface area contributed by atoms with Gasteiger partial charge in [-0.15, -0.1) is 0 Å². The van der Waals surface area contributed by atoms with Crippen LogP contribution in [0.2, 0.25) is 5.02 Å². The second-order valence-corrected chi connectivity index (χ2v) is 5.25. The summed E-state index contributed by atoms with van der Waals surface area (Å²) in [7, 11) is 3.71. The maximum absolute atomic E-state index is 6.17. The predicted molar refractivity (Wildman–Crippen MR) is 89.9 cm³/mol. The Balaban J connectivity index is 2.36. The first-order valence-corrected chi connectivity index (χ1v) is 7.40. The first-order chi connectivity index (χ1) is 10.2. The van der Waals surface area contributed by atoms with E-state index in [0.717, 1.165) is 35.2 Å². The second kappa shape index (κ2) is 7.34. The van der Waals surface area contributed by atoms with Gasteiger partial charge in [-0.25, -0.2) is 0 Å². The third kappa shape index (κ3) is 3.90. The van der Waals surface area contributed by atoms with Crippen LogP contribution in [0.25, 0.3) is 0 Å². The van der Waals surface area contributed by atoms with E-state index < -0.39 is 0 Å². The van der Waals surface area contributed by atoms with Crippen molar-refractivity contribution in [1.29, 1.82) is 0 Å². The van der Waals surface area contributed by atoms with Crippen molar-refractivity contribution >= 4 is 23.0 Å². The van der Waals surface area contributed by atoms with Crippen molar-refractivity contribution in [2.24, 2.45) is 0 Å². The summed E-state index contributed by atoms with van der Waals surface area (Å²) >= 11 is 6.17. The zero-order valence-electron chi connectivity index (χ0n) is 12.7. The molecule has 0 saturated carbocycles. The van der Waals surface area contributed by atoms with Gasteiger partial charge in [0.15, 0.2) is 0 Å². The maximum atomic E-state index is 6.17. The molecule has 21 heavy (non-hydrogen) atoms. The fourth-order valence-corrected chi connectivity index (χ4v) is 2.38. The summed E-state index contributed by atoms with van der Waals surface area (Å²) in [5.41, 5.74) is 3.37. The van der Waals surface area contributed by atoms with Gasteiger partial charge in [-0.3, -0.25) is 0 Å². The van der Waals surface area contributed by atoms with Crippen LogP contribution >= 0.6 is 11.6 Å². The lowest BCUT2D eigenvalue weighted by molar-refractivity contribution is 0.415. The molecule has 0 spiro atoms. The lowest BCUT2D eigenvalue weighted by Crippen LogP contribution is -2.17. The van der Waals surface area contributed by atoms with Crippen LogP contribution in [-0.4, -0.2) is 20.7 Å². The average molecular weight is 305 g/mol. The number of halogens is 1. The molecular weight excluding hydrogens is 284 g/mol. The monoisotopic (exact) mass is 304 g/mol. The Kier molecular flexibility index (Phi) is 5.48. The van der Waals surface area contributed by atoms with Crippen molar-refractivity contribution in [2.45, 2.75) is 13.5 Å². The first-order valence-electron chi connectivity index (χ1n) is 7.02. The molecule has 0 aliphatic rings. The van der Waals surface area contributed by atoms with E-state index in [4.69, 9.17) is 16.3 Å². The van der Waals surface area contributed by atoms with Gasteiger partial charge in [-0.05, 0) is 36.4 Å². The average Bonchev–Trinajstić information content (AvgIpc) is 2.53. The minimum Gasteiger partial charge on any atom is -0.497 e. The number of rotatable bonds is 6. The number of nitrogens with one attached hydrogen (secondary N) is 1. The topological polar surface area (TPSA) is 24.5 Å². The maximum Gasteiger partial charge on any atom is 0.120 e. The standard InChI is InChI=1S/C17H21ClN2O/c1-4-19-12-13-8-9-14(18)10-17(13)20(2)15-6-5-7-16(11-15)21-3/h5-11,19H,4,12H2,1-3H3. The quantitative estimate of drug-likeness (QED) is 0.864. The summed E-state index contributed by atoms with van der Waals surface area (Å²) in [6.45, 7) is 3.85. The third-order valence-corrected chi connectivity index (χ3v) is 3.65. The van der Waals surface area contributed by atoms with Crippen LogP contribution in [0.15, 0.2) is 42.5 Å². The fourth-order valence-electron chi connectivity index (χ4n) is 2.22. The molecule has 0 amide bonds. The number of ether oxygens (including phenoxy) is 1. The van der Waals surface area contributed by atoms with Crippen LogP contribution in [0.4, 0.5) is 11.4 Å². The van der Waals surface area contributed by atoms with Gasteiger partial charge in [-0.1, -0.05) is 30.7 Å². The zero-order chi connectivity index (χ0) is 15.2. The molecule has 0 saturated heterocycles. The van der Waals surface area contributed by atoms with Crippen molar-refractivity contribution in [3.8, 4) is 5.75 Å². The SMILES string of the molecule is CCNCc1ccc(Cl)cc1N(C)c1cccc(OC)c1. The van der Waals surface area contributed by atoms with Crippen LogP contribution in [-0.2, 0) is 6.54 Å². The summed E-state index contributed by atoms with van der Waals surface area (Å²) in [4.78, 5) is 2.13. The molecule has 1 N–H and O–H groups in total. The number of methoxy groups -OCH3 is 1. The Labute approximate surface area is 131 Å². The Morgan fingerprint density at radius 1 is 1.19 bits per heavy atom. The number of nitrogens with zero attached hydrogens (tertiary/aromatic N) is 1. The molecule has 0 bridgehead atoms. The van der Waals surface area contributed by atoms with Gasteiger partial charge in [0.05, 0.1) is 7.11 Å². The highest BCUT2D eigenvalue weighted by atomic mass is 35.5. The van der Waals surface area contributed by atoms with E-state index in [9.17, 15) is 0 Å². The Morgan fingerprint density at radius 3 is 2.71 bits per heavy atom. The number of hydrogen-bond donors (Lipinski definition) is 1. The van der Waals surface area contributed by atoms with Gasteiger partial charge >= 0.3 is 0 Å². The van der Waals surface area contributed by atoms with Crippen molar-refractivity contribution in [1.82, 2.24) is 5.32 Å². The normalized spacial score (nSPS) is 10.5. The largest absolute Gasteiger partial charge is 0.497 e. The van der Waals surface area contributed by atoms with Crippen molar-refractivity contribution in [2.75, 3.05) is 25.6 Å². The summed E-state index contributed by atoms with van der Waals surface area (Å²) in [6, 6.07) is 14.0. The highest BCUT2D eigenvalue weighted by Gasteiger charge is 2.10. The minimum absolute atomic E-state index is 0.736. The molecule has 0 aliphatic heterocycles. The first kappa shape index (κ1) is 15.7. The summed E-state index contributed by atoms with van der Waals surface area (Å²) < 4.78 is 5.29. The van der Waals surface area contributed by atoms with E-state index in [1.807, 2.05) is 37.4 Å². The van der Waals surface area contributed by atoms with E-state index in [1.165, 1.54) is 5.56 Å². The van der Waals surface area contributed by atoms with Crippen molar-refractivity contribution in [3.63, 3.8) is 0 Å². The molecule has 0 heterocycles.